The third-order valence-electron chi connectivity index (χ3n) is 2.36. The molecule has 2 aromatic rings. The van der Waals surface area contributed by atoms with Gasteiger partial charge in [0.1, 0.15) is 10.6 Å². The van der Waals surface area contributed by atoms with E-state index in [-0.39, 0.29) is 29.5 Å². The molecule has 9 heteroatoms. The maximum Gasteiger partial charge on any atom is 0.256 e. The third-order valence-corrected chi connectivity index (χ3v) is 3.41. The number of thiazole rings is 1. The third kappa shape index (κ3) is 3.14. The van der Waals surface area contributed by atoms with Crippen LogP contribution in [0.2, 0.25) is 0 Å². The number of hydrogen-bond donors (Lipinski definition) is 2. The summed E-state index contributed by atoms with van der Waals surface area (Å²) in [6, 6.07) is 0. The first-order valence-electron chi connectivity index (χ1n) is 5.68. The highest BCUT2D eigenvalue weighted by atomic mass is 35.5. The molecule has 0 fully saturated rings. The largest absolute Gasteiger partial charge is 0.365 e. The Morgan fingerprint density at radius 1 is 1.50 bits per heavy atom. The fourth-order valence-electron chi connectivity index (χ4n) is 1.51. The van der Waals surface area contributed by atoms with Gasteiger partial charge in [-0.15, -0.1) is 22.9 Å². The lowest BCUT2D eigenvalue weighted by Gasteiger charge is -2.01. The quantitative estimate of drug-likeness (QED) is 0.790. The fraction of sp³-hybridized carbons (Fsp3) is 0.273. The Morgan fingerprint density at radius 3 is 2.90 bits per heavy atom. The summed E-state index contributed by atoms with van der Waals surface area (Å²) in [6.45, 7) is 0. The van der Waals surface area contributed by atoms with Crippen LogP contribution in [0.15, 0.2) is 16.1 Å². The van der Waals surface area contributed by atoms with Gasteiger partial charge in [0.2, 0.25) is 11.8 Å². The van der Waals surface area contributed by atoms with E-state index in [0.717, 1.165) is 0 Å². The molecule has 106 valence electrons. The number of rotatable bonds is 6. The van der Waals surface area contributed by atoms with E-state index in [1.54, 1.807) is 11.6 Å². The van der Waals surface area contributed by atoms with Gasteiger partial charge in [-0.25, -0.2) is 4.98 Å². The average Bonchev–Trinajstić information content (AvgIpc) is 3.04. The van der Waals surface area contributed by atoms with Crippen molar-refractivity contribution in [3.63, 3.8) is 0 Å². The fourth-order valence-corrected chi connectivity index (χ4v) is 2.26. The molecule has 2 rings (SSSR count). The number of aromatic nitrogens is 2. The molecule has 0 saturated carbocycles. The molecule has 2 heterocycles. The maximum absolute atomic E-state index is 11.6. The van der Waals surface area contributed by atoms with Gasteiger partial charge in [-0.05, 0) is 6.42 Å². The van der Waals surface area contributed by atoms with Gasteiger partial charge in [-0.3, -0.25) is 14.9 Å². The molecule has 0 aliphatic heterocycles. The van der Waals surface area contributed by atoms with E-state index in [2.05, 4.69) is 15.5 Å². The minimum Gasteiger partial charge on any atom is -0.365 e. The van der Waals surface area contributed by atoms with Crippen molar-refractivity contribution in [3.05, 3.63) is 17.1 Å². The van der Waals surface area contributed by atoms with Crippen molar-refractivity contribution in [2.75, 3.05) is 11.2 Å². The molecule has 2 amide bonds. The molecular weight excluding hydrogens is 304 g/mol. The molecule has 0 radical (unpaired) electrons. The van der Waals surface area contributed by atoms with Crippen LogP contribution in [0.1, 0.15) is 23.2 Å². The average molecular weight is 315 g/mol. The number of nitrogens with zero attached hydrogens (tertiary/aromatic N) is 2. The second kappa shape index (κ2) is 6.49. The summed E-state index contributed by atoms with van der Waals surface area (Å²) < 4.78 is 4.98. The second-order valence-corrected chi connectivity index (χ2v) is 5.05. The van der Waals surface area contributed by atoms with E-state index < -0.39 is 5.91 Å². The standard InChI is InChI=1S/C11H11ClN4O3S/c12-3-1-2-6(17)15-10-7(9(13)18)8(16-19-10)11-14-4-5-20-11/h4-5H,1-3H2,(H2,13,18)(H,15,17). The second-order valence-electron chi connectivity index (χ2n) is 3.78. The zero-order valence-electron chi connectivity index (χ0n) is 10.3. The lowest BCUT2D eigenvalue weighted by atomic mass is 10.2. The number of carbonyl (C=O) groups excluding carboxylic acids is 2. The number of carbonyl (C=O) groups is 2. The molecule has 20 heavy (non-hydrogen) atoms. The lowest BCUT2D eigenvalue weighted by Crippen LogP contribution is -2.17. The first kappa shape index (κ1) is 14.5. The highest BCUT2D eigenvalue weighted by molar-refractivity contribution is 7.13. The molecule has 0 spiro atoms. The first-order valence-corrected chi connectivity index (χ1v) is 7.10. The Hall–Kier alpha value is -1.93. The summed E-state index contributed by atoms with van der Waals surface area (Å²) in [4.78, 5) is 27.2. The smallest absolute Gasteiger partial charge is 0.256 e. The molecule has 0 aliphatic rings. The maximum atomic E-state index is 11.6. The van der Waals surface area contributed by atoms with Gasteiger partial charge < -0.3 is 10.3 Å². The normalized spacial score (nSPS) is 10.4. The van der Waals surface area contributed by atoms with Crippen LogP contribution < -0.4 is 11.1 Å². The van der Waals surface area contributed by atoms with Crippen LogP contribution >= 0.6 is 22.9 Å². The van der Waals surface area contributed by atoms with Crippen LogP contribution in [-0.4, -0.2) is 27.8 Å². The first-order chi connectivity index (χ1) is 9.63. The van der Waals surface area contributed by atoms with Crippen molar-refractivity contribution in [3.8, 4) is 10.7 Å². The van der Waals surface area contributed by atoms with E-state index in [1.165, 1.54) is 11.3 Å². The van der Waals surface area contributed by atoms with E-state index in [4.69, 9.17) is 21.9 Å². The number of alkyl halides is 1. The van der Waals surface area contributed by atoms with Crippen LogP contribution in [0, 0.1) is 0 Å². The predicted octanol–water partition coefficient (Wildman–Crippen LogP) is 1.85. The summed E-state index contributed by atoms with van der Waals surface area (Å²) in [7, 11) is 0. The zero-order valence-corrected chi connectivity index (χ0v) is 11.8. The van der Waals surface area contributed by atoms with E-state index in [9.17, 15) is 9.59 Å². The molecule has 3 N–H and O–H groups in total. The minimum atomic E-state index is -0.746. The van der Waals surface area contributed by atoms with Gasteiger partial charge >= 0.3 is 0 Å². The Balaban J connectivity index is 2.26. The Bertz CT molecular complexity index is 611. The van der Waals surface area contributed by atoms with E-state index in [0.29, 0.717) is 17.3 Å². The Labute approximate surface area is 123 Å². The number of hydrogen-bond acceptors (Lipinski definition) is 6. The molecule has 0 bridgehead atoms. The molecule has 2 aromatic heterocycles. The summed E-state index contributed by atoms with van der Waals surface area (Å²) in [6.07, 6.45) is 2.31. The summed E-state index contributed by atoms with van der Waals surface area (Å²) in [5, 5.41) is 8.42. The van der Waals surface area contributed by atoms with E-state index in [1.807, 2.05) is 0 Å². The molecule has 7 nitrogen and oxygen atoms in total. The van der Waals surface area contributed by atoms with Gasteiger partial charge in [0.25, 0.3) is 5.91 Å². The van der Waals surface area contributed by atoms with Gasteiger partial charge in [0.05, 0.1) is 0 Å². The molecule has 0 aromatic carbocycles. The molecule has 0 aliphatic carbocycles. The monoisotopic (exact) mass is 314 g/mol. The number of nitrogens with one attached hydrogen (secondary N) is 1. The molecule has 0 saturated heterocycles. The summed E-state index contributed by atoms with van der Waals surface area (Å²) in [5.41, 5.74) is 5.54. The number of anilines is 1. The SMILES string of the molecule is NC(=O)c1c(-c2nccs2)noc1NC(=O)CCCCl. The van der Waals surface area contributed by atoms with Crippen molar-refractivity contribution in [1.82, 2.24) is 10.1 Å². The zero-order chi connectivity index (χ0) is 14.5. The molecule has 0 atom stereocenters. The van der Waals surface area contributed by atoms with Gasteiger partial charge in [-0.1, -0.05) is 5.16 Å². The number of primary amides is 1. The van der Waals surface area contributed by atoms with Crippen LogP contribution in [0.5, 0.6) is 0 Å². The molecule has 0 unspecified atom stereocenters. The van der Waals surface area contributed by atoms with Gasteiger partial charge in [0.15, 0.2) is 5.69 Å². The number of nitrogens with two attached hydrogens (primary N) is 1. The van der Waals surface area contributed by atoms with Crippen LogP contribution in [0.25, 0.3) is 10.7 Å². The van der Waals surface area contributed by atoms with Crippen LogP contribution in [0.4, 0.5) is 5.88 Å². The van der Waals surface area contributed by atoms with Crippen molar-refractivity contribution in [2.45, 2.75) is 12.8 Å². The van der Waals surface area contributed by atoms with Crippen molar-refractivity contribution >= 4 is 40.6 Å². The predicted molar refractivity (Wildman–Crippen MR) is 74.7 cm³/mol. The summed E-state index contributed by atoms with van der Waals surface area (Å²) in [5.74, 6) is -0.766. The highest BCUT2D eigenvalue weighted by Crippen LogP contribution is 2.29. The van der Waals surface area contributed by atoms with Crippen LogP contribution in [0.3, 0.4) is 0 Å². The van der Waals surface area contributed by atoms with Gasteiger partial charge in [-0.2, -0.15) is 0 Å². The summed E-state index contributed by atoms with van der Waals surface area (Å²) >= 11 is 6.79. The highest BCUT2D eigenvalue weighted by Gasteiger charge is 2.24. The number of halogens is 1. The van der Waals surface area contributed by atoms with E-state index >= 15 is 0 Å². The Kier molecular flexibility index (Phi) is 4.70. The van der Waals surface area contributed by atoms with Crippen LogP contribution in [-0.2, 0) is 4.79 Å². The van der Waals surface area contributed by atoms with Gasteiger partial charge in [0, 0.05) is 23.9 Å². The van der Waals surface area contributed by atoms with Crippen molar-refractivity contribution in [1.29, 1.82) is 0 Å². The lowest BCUT2D eigenvalue weighted by molar-refractivity contribution is -0.116. The number of amides is 2. The minimum absolute atomic E-state index is 0.0131. The molecular formula is C11H11ClN4O3S. The van der Waals surface area contributed by atoms with Crippen molar-refractivity contribution < 1.29 is 14.1 Å². The topological polar surface area (TPSA) is 111 Å². The Morgan fingerprint density at radius 2 is 2.30 bits per heavy atom. The van der Waals surface area contributed by atoms with Crippen molar-refractivity contribution in [2.24, 2.45) is 5.73 Å².